The molecular weight excluding hydrogens is 390 g/mol. The van der Waals surface area contributed by atoms with Crippen LogP contribution in [0.15, 0.2) is 35.7 Å². The summed E-state index contributed by atoms with van der Waals surface area (Å²) in [6.45, 7) is 6.61. The Morgan fingerprint density at radius 3 is 2.40 bits per heavy atom. The molecule has 1 N–H and O–H groups in total. The highest BCUT2D eigenvalue weighted by molar-refractivity contribution is 7.09. The highest BCUT2D eigenvalue weighted by atomic mass is 32.1. The van der Waals surface area contributed by atoms with Gasteiger partial charge in [0.1, 0.15) is 6.61 Å². The molecule has 3 nitrogen and oxygen atoms in total. The molecule has 4 heteroatoms. The Morgan fingerprint density at radius 2 is 1.77 bits per heavy atom. The summed E-state index contributed by atoms with van der Waals surface area (Å²) in [4.78, 5) is 1.23. The van der Waals surface area contributed by atoms with Crippen LogP contribution in [-0.2, 0) is 13.2 Å². The number of hydrogen-bond donors (Lipinski definition) is 1. The van der Waals surface area contributed by atoms with E-state index in [4.69, 9.17) is 9.47 Å². The Labute approximate surface area is 185 Å². The Balaban J connectivity index is 1.23. The molecule has 1 aromatic heterocycles. The van der Waals surface area contributed by atoms with E-state index in [-0.39, 0.29) is 0 Å². The molecule has 0 saturated heterocycles. The number of benzene rings is 1. The van der Waals surface area contributed by atoms with Gasteiger partial charge in [-0.1, -0.05) is 12.1 Å². The van der Waals surface area contributed by atoms with Gasteiger partial charge in [0.2, 0.25) is 0 Å². The van der Waals surface area contributed by atoms with Gasteiger partial charge >= 0.3 is 0 Å². The molecule has 4 bridgehead atoms. The first-order valence-electron chi connectivity index (χ1n) is 11.8. The molecule has 0 spiro atoms. The van der Waals surface area contributed by atoms with E-state index in [1.807, 2.05) is 6.92 Å². The van der Waals surface area contributed by atoms with Gasteiger partial charge in [-0.25, -0.2) is 0 Å². The fourth-order valence-electron chi connectivity index (χ4n) is 6.79. The number of ether oxygens (including phenoxy) is 2. The van der Waals surface area contributed by atoms with E-state index in [9.17, 15) is 0 Å². The largest absolute Gasteiger partial charge is 0.490 e. The lowest BCUT2D eigenvalue weighted by molar-refractivity contribution is -0.0706. The van der Waals surface area contributed by atoms with Crippen LogP contribution in [0.2, 0.25) is 0 Å². The second-order valence-electron chi connectivity index (χ2n) is 9.96. The highest BCUT2D eigenvalue weighted by Gasteiger charge is 2.52. The summed E-state index contributed by atoms with van der Waals surface area (Å²) < 4.78 is 11.9. The first-order chi connectivity index (χ1) is 14.6. The quantitative estimate of drug-likeness (QED) is 0.503. The number of nitrogens with one attached hydrogen (secondary N) is 1. The molecule has 4 fully saturated rings. The van der Waals surface area contributed by atoms with E-state index in [1.165, 1.54) is 49.0 Å². The molecule has 0 aliphatic heterocycles. The SMILES string of the molecule is CCOc1cc(CN[C@@H](C)C23CC4CC(CC(C4)C2)C3)ccc1OCc1cccs1. The maximum absolute atomic E-state index is 6.04. The average Bonchev–Trinajstić information content (AvgIpc) is 3.24. The molecule has 2 aromatic rings. The summed E-state index contributed by atoms with van der Waals surface area (Å²) in [7, 11) is 0. The Kier molecular flexibility index (Phi) is 5.81. The van der Waals surface area contributed by atoms with Gasteiger partial charge in [0.25, 0.3) is 0 Å². The predicted octanol–water partition coefficient (Wildman–Crippen LogP) is 6.42. The van der Waals surface area contributed by atoms with E-state index in [2.05, 4.69) is 48.0 Å². The minimum atomic E-state index is 0.543. The third-order valence-electron chi connectivity index (χ3n) is 7.87. The average molecular weight is 426 g/mol. The van der Waals surface area contributed by atoms with Crippen LogP contribution in [0.3, 0.4) is 0 Å². The Morgan fingerprint density at radius 1 is 1.03 bits per heavy atom. The van der Waals surface area contributed by atoms with E-state index in [1.54, 1.807) is 11.3 Å². The van der Waals surface area contributed by atoms with Crippen LogP contribution < -0.4 is 14.8 Å². The van der Waals surface area contributed by atoms with Crippen molar-refractivity contribution in [1.82, 2.24) is 5.32 Å². The fraction of sp³-hybridized carbons (Fsp3) is 0.615. The van der Waals surface area contributed by atoms with E-state index in [0.717, 1.165) is 35.8 Å². The first kappa shape index (κ1) is 20.4. The second kappa shape index (κ2) is 8.55. The zero-order chi connectivity index (χ0) is 20.6. The van der Waals surface area contributed by atoms with Gasteiger partial charge in [-0.3, -0.25) is 0 Å². The summed E-state index contributed by atoms with van der Waals surface area (Å²) in [6.07, 6.45) is 8.89. The molecule has 1 heterocycles. The summed E-state index contributed by atoms with van der Waals surface area (Å²) in [5.41, 5.74) is 1.82. The lowest BCUT2D eigenvalue weighted by Gasteiger charge is -2.59. The number of hydrogen-bond acceptors (Lipinski definition) is 4. The molecule has 30 heavy (non-hydrogen) atoms. The zero-order valence-corrected chi connectivity index (χ0v) is 19.2. The minimum Gasteiger partial charge on any atom is -0.490 e. The second-order valence-corrected chi connectivity index (χ2v) is 11.0. The van der Waals surface area contributed by atoms with Gasteiger partial charge in [-0.15, -0.1) is 11.3 Å². The summed E-state index contributed by atoms with van der Waals surface area (Å²) in [6, 6.07) is 11.2. The lowest BCUT2D eigenvalue weighted by atomic mass is 9.48. The van der Waals surface area contributed by atoms with Crippen molar-refractivity contribution in [2.24, 2.45) is 23.2 Å². The van der Waals surface area contributed by atoms with Crippen molar-refractivity contribution in [2.45, 2.75) is 71.6 Å². The van der Waals surface area contributed by atoms with Crippen LogP contribution in [0.5, 0.6) is 11.5 Å². The van der Waals surface area contributed by atoms with Gasteiger partial charge in [-0.05, 0) is 105 Å². The number of thiophene rings is 1. The third-order valence-corrected chi connectivity index (χ3v) is 8.72. The molecule has 162 valence electrons. The number of rotatable bonds is 9. The van der Waals surface area contributed by atoms with Crippen LogP contribution in [0.1, 0.15) is 62.8 Å². The molecule has 1 atom stereocenters. The molecule has 0 radical (unpaired) electrons. The first-order valence-corrected chi connectivity index (χ1v) is 12.7. The van der Waals surface area contributed by atoms with Crippen molar-refractivity contribution in [1.29, 1.82) is 0 Å². The summed E-state index contributed by atoms with van der Waals surface area (Å²) >= 11 is 1.72. The molecule has 4 saturated carbocycles. The van der Waals surface area contributed by atoms with Crippen molar-refractivity contribution in [3.8, 4) is 11.5 Å². The van der Waals surface area contributed by atoms with Crippen molar-refractivity contribution in [2.75, 3.05) is 6.61 Å². The van der Waals surface area contributed by atoms with Gasteiger partial charge < -0.3 is 14.8 Å². The summed E-state index contributed by atoms with van der Waals surface area (Å²) in [5, 5.41) is 5.99. The Bertz CT molecular complexity index is 811. The molecule has 0 unspecified atom stereocenters. The van der Waals surface area contributed by atoms with Crippen molar-refractivity contribution in [3.05, 3.63) is 46.2 Å². The standard InChI is InChI=1S/C26H35NO2S/c1-3-28-25-12-19(6-7-24(25)29-17-23-5-4-8-30-23)16-27-18(2)26-13-20-9-21(14-26)11-22(10-20)15-26/h4-8,12,18,20-22,27H,3,9-11,13-17H2,1-2H3/t18-,20?,21?,22?,26?/m0/s1. The van der Waals surface area contributed by atoms with Crippen LogP contribution in [0.4, 0.5) is 0 Å². The van der Waals surface area contributed by atoms with Gasteiger partial charge in [0.15, 0.2) is 11.5 Å². The molecule has 6 rings (SSSR count). The monoisotopic (exact) mass is 425 g/mol. The lowest BCUT2D eigenvalue weighted by Crippen LogP contribution is -2.54. The van der Waals surface area contributed by atoms with E-state index in [0.29, 0.717) is 24.7 Å². The Hall–Kier alpha value is -1.52. The zero-order valence-electron chi connectivity index (χ0n) is 18.4. The molecule has 0 amide bonds. The van der Waals surface area contributed by atoms with Crippen LogP contribution in [0.25, 0.3) is 0 Å². The maximum atomic E-state index is 6.04. The fourth-order valence-corrected chi connectivity index (χ4v) is 7.41. The molecule has 4 aliphatic rings. The van der Waals surface area contributed by atoms with Crippen LogP contribution in [-0.4, -0.2) is 12.6 Å². The normalized spacial score (nSPS) is 30.4. The third kappa shape index (κ3) is 4.13. The van der Waals surface area contributed by atoms with Gasteiger partial charge in [-0.2, -0.15) is 0 Å². The molecule has 1 aromatic carbocycles. The van der Waals surface area contributed by atoms with Crippen molar-refractivity contribution >= 4 is 11.3 Å². The van der Waals surface area contributed by atoms with Crippen molar-refractivity contribution < 1.29 is 9.47 Å². The smallest absolute Gasteiger partial charge is 0.161 e. The molecular formula is C26H35NO2S. The maximum Gasteiger partial charge on any atom is 0.161 e. The minimum absolute atomic E-state index is 0.543. The predicted molar refractivity (Wildman–Crippen MR) is 123 cm³/mol. The van der Waals surface area contributed by atoms with E-state index >= 15 is 0 Å². The molecule has 4 aliphatic carbocycles. The summed E-state index contributed by atoms with van der Waals surface area (Å²) in [5.74, 6) is 4.71. The van der Waals surface area contributed by atoms with Gasteiger partial charge in [0.05, 0.1) is 6.61 Å². The highest BCUT2D eigenvalue weighted by Crippen LogP contribution is 2.61. The van der Waals surface area contributed by atoms with Gasteiger partial charge in [0, 0.05) is 17.5 Å². The van der Waals surface area contributed by atoms with Crippen LogP contribution in [0, 0.1) is 23.2 Å². The van der Waals surface area contributed by atoms with Crippen molar-refractivity contribution in [3.63, 3.8) is 0 Å². The topological polar surface area (TPSA) is 30.5 Å². The van der Waals surface area contributed by atoms with Crippen LogP contribution >= 0.6 is 11.3 Å². The van der Waals surface area contributed by atoms with E-state index < -0.39 is 0 Å².